The van der Waals surface area contributed by atoms with Gasteiger partial charge in [0.25, 0.3) is 0 Å². The number of carbonyl (C=O) groups is 2. The fourth-order valence-corrected chi connectivity index (χ4v) is 3.37. The van der Waals surface area contributed by atoms with Crippen molar-refractivity contribution in [1.82, 2.24) is 9.97 Å². The van der Waals surface area contributed by atoms with Gasteiger partial charge >= 0.3 is 0 Å². The monoisotopic (exact) mass is 452 g/mol. The number of H-pyrrole nitrogens is 1. The van der Waals surface area contributed by atoms with E-state index in [0.717, 1.165) is 22.2 Å². The van der Waals surface area contributed by atoms with Crippen LogP contribution >= 0.6 is 0 Å². The first-order chi connectivity index (χ1) is 16.6. The van der Waals surface area contributed by atoms with E-state index in [1.807, 2.05) is 48.7 Å². The van der Waals surface area contributed by atoms with E-state index in [1.54, 1.807) is 43.7 Å². The third-order valence-corrected chi connectivity index (χ3v) is 5.16. The van der Waals surface area contributed by atoms with Crippen LogP contribution in [-0.4, -0.2) is 28.6 Å². The number of ketones is 2. The lowest BCUT2D eigenvalue weighted by molar-refractivity contribution is -0.121. The Morgan fingerprint density at radius 2 is 1.82 bits per heavy atom. The molecule has 0 saturated carbocycles. The van der Waals surface area contributed by atoms with Gasteiger partial charge in [-0.25, -0.2) is 0 Å². The number of fused-ring (bicyclic) bond motifs is 1. The van der Waals surface area contributed by atoms with E-state index in [1.165, 1.54) is 12.2 Å². The van der Waals surface area contributed by atoms with Crippen molar-refractivity contribution in [2.75, 3.05) is 7.11 Å². The van der Waals surface area contributed by atoms with Gasteiger partial charge in [-0.1, -0.05) is 24.3 Å². The molecule has 34 heavy (non-hydrogen) atoms. The lowest BCUT2D eigenvalue weighted by Crippen LogP contribution is -2.02. The molecule has 2 heterocycles. The molecule has 0 unspecified atom stereocenters. The zero-order valence-electron chi connectivity index (χ0n) is 18.7. The number of ether oxygens (including phenoxy) is 2. The maximum Gasteiger partial charge on any atom is 0.163 e. The van der Waals surface area contributed by atoms with E-state index in [4.69, 9.17) is 9.47 Å². The normalized spacial score (nSPS) is 11.3. The summed E-state index contributed by atoms with van der Waals surface area (Å²) in [5, 5.41) is 1.10. The van der Waals surface area contributed by atoms with Crippen LogP contribution in [0.1, 0.15) is 23.2 Å². The molecule has 4 rings (SSSR count). The second kappa shape index (κ2) is 10.9. The summed E-state index contributed by atoms with van der Waals surface area (Å²) < 4.78 is 11.2. The van der Waals surface area contributed by atoms with Gasteiger partial charge in [0.1, 0.15) is 18.1 Å². The third kappa shape index (κ3) is 6.07. The number of nitrogens with one attached hydrogen (secondary N) is 1. The molecule has 0 fully saturated rings. The number of allylic oxidation sites excluding steroid dienone is 2. The minimum absolute atomic E-state index is 0.210. The van der Waals surface area contributed by atoms with E-state index in [9.17, 15) is 9.59 Å². The summed E-state index contributed by atoms with van der Waals surface area (Å²) in [7, 11) is 1.58. The zero-order valence-corrected chi connectivity index (χ0v) is 18.7. The van der Waals surface area contributed by atoms with Gasteiger partial charge in [-0.05, 0) is 65.6 Å². The smallest absolute Gasteiger partial charge is 0.163 e. The lowest BCUT2D eigenvalue weighted by atomic mass is 10.1. The Morgan fingerprint density at radius 3 is 2.62 bits per heavy atom. The SMILES string of the molecule is COc1ccc(C=CC(=O)CC(=O)C=Cc2ccc3cc[nH]c3c2)c(OCc2ccccn2)c1. The second-order valence-electron chi connectivity index (χ2n) is 7.61. The summed E-state index contributed by atoms with van der Waals surface area (Å²) in [6, 6.07) is 18.8. The van der Waals surface area contributed by atoms with Crippen molar-refractivity contribution in [1.29, 1.82) is 0 Å². The number of benzene rings is 2. The predicted octanol–water partition coefficient (Wildman–Crippen LogP) is 5.41. The number of carbonyl (C=O) groups excluding carboxylic acids is 2. The van der Waals surface area contributed by atoms with Crippen molar-refractivity contribution >= 4 is 34.6 Å². The summed E-state index contributed by atoms with van der Waals surface area (Å²) in [5.41, 5.74) is 3.37. The fraction of sp³-hybridized carbons (Fsp3) is 0.107. The van der Waals surface area contributed by atoms with Crippen molar-refractivity contribution in [2.24, 2.45) is 0 Å². The molecule has 6 heteroatoms. The highest BCUT2D eigenvalue weighted by molar-refractivity contribution is 6.11. The number of hydrogen-bond acceptors (Lipinski definition) is 5. The molecule has 2 aromatic carbocycles. The van der Waals surface area contributed by atoms with Crippen LogP contribution in [-0.2, 0) is 16.2 Å². The van der Waals surface area contributed by atoms with Crippen LogP contribution in [0.2, 0.25) is 0 Å². The standard InChI is InChI=1S/C28H24N2O4/c1-33-26-12-9-22(28(18-26)34-19-23-4-2-3-14-29-23)8-11-25(32)17-24(31)10-6-20-5-7-21-13-15-30-27(21)16-20/h2-16,18,30H,17,19H2,1H3. The Kier molecular flexibility index (Phi) is 7.30. The minimum Gasteiger partial charge on any atom is -0.497 e. The lowest BCUT2D eigenvalue weighted by Gasteiger charge is -2.10. The van der Waals surface area contributed by atoms with Gasteiger partial charge in [0.2, 0.25) is 0 Å². The van der Waals surface area contributed by atoms with Crippen LogP contribution in [0.15, 0.2) is 85.2 Å². The quantitative estimate of drug-likeness (QED) is 0.257. The summed E-state index contributed by atoms with van der Waals surface area (Å²) in [6.07, 6.45) is 9.55. The highest BCUT2D eigenvalue weighted by Gasteiger charge is 2.08. The second-order valence-corrected chi connectivity index (χ2v) is 7.61. The van der Waals surface area contributed by atoms with Gasteiger partial charge in [-0.3, -0.25) is 14.6 Å². The first-order valence-electron chi connectivity index (χ1n) is 10.8. The van der Waals surface area contributed by atoms with Gasteiger partial charge < -0.3 is 14.5 Å². The molecule has 0 aliphatic heterocycles. The Balaban J connectivity index is 1.38. The molecule has 0 atom stereocenters. The minimum atomic E-state index is -0.291. The van der Waals surface area contributed by atoms with E-state index in [-0.39, 0.29) is 24.6 Å². The largest absolute Gasteiger partial charge is 0.497 e. The van der Waals surface area contributed by atoms with Crippen LogP contribution in [0, 0.1) is 0 Å². The zero-order chi connectivity index (χ0) is 23.8. The Morgan fingerprint density at radius 1 is 0.971 bits per heavy atom. The number of rotatable bonds is 10. The molecule has 4 aromatic rings. The molecule has 0 saturated heterocycles. The summed E-state index contributed by atoms with van der Waals surface area (Å²) >= 11 is 0. The van der Waals surface area contributed by atoms with Gasteiger partial charge in [0, 0.05) is 29.5 Å². The molecule has 0 bridgehead atoms. The van der Waals surface area contributed by atoms with Gasteiger partial charge in [-0.2, -0.15) is 0 Å². The molecule has 0 spiro atoms. The topological polar surface area (TPSA) is 81.3 Å². The maximum atomic E-state index is 12.4. The maximum absolute atomic E-state index is 12.4. The molecule has 1 N–H and O–H groups in total. The van der Waals surface area contributed by atoms with Crippen molar-refractivity contribution in [2.45, 2.75) is 13.0 Å². The van der Waals surface area contributed by atoms with Crippen molar-refractivity contribution < 1.29 is 19.1 Å². The summed E-state index contributed by atoms with van der Waals surface area (Å²) in [6.45, 7) is 0.278. The van der Waals surface area contributed by atoms with Crippen molar-refractivity contribution in [3.05, 3.63) is 102 Å². The van der Waals surface area contributed by atoms with Crippen molar-refractivity contribution in [3.8, 4) is 11.5 Å². The number of methoxy groups -OCH3 is 1. The van der Waals surface area contributed by atoms with Gasteiger partial charge in [0.15, 0.2) is 11.6 Å². The van der Waals surface area contributed by atoms with Crippen LogP contribution < -0.4 is 9.47 Å². The Labute approximate surface area is 197 Å². The Hall–Kier alpha value is -4.45. The number of pyridine rings is 1. The molecule has 0 aliphatic carbocycles. The molecular formula is C28H24N2O4. The molecule has 170 valence electrons. The van der Waals surface area contributed by atoms with Crippen LogP contribution in [0.4, 0.5) is 0 Å². The molecule has 2 aromatic heterocycles. The molecule has 0 aliphatic rings. The Bertz CT molecular complexity index is 1350. The van der Waals surface area contributed by atoms with E-state index < -0.39 is 0 Å². The van der Waals surface area contributed by atoms with Crippen LogP contribution in [0.25, 0.3) is 23.1 Å². The van der Waals surface area contributed by atoms with E-state index >= 15 is 0 Å². The first-order valence-corrected chi connectivity index (χ1v) is 10.8. The molecular weight excluding hydrogens is 428 g/mol. The average molecular weight is 453 g/mol. The van der Waals surface area contributed by atoms with Gasteiger partial charge in [-0.15, -0.1) is 0 Å². The van der Waals surface area contributed by atoms with E-state index in [2.05, 4.69) is 9.97 Å². The molecule has 0 radical (unpaired) electrons. The van der Waals surface area contributed by atoms with Gasteiger partial charge in [0.05, 0.1) is 19.2 Å². The molecule has 0 amide bonds. The number of nitrogens with zero attached hydrogens (tertiary/aromatic N) is 1. The fourth-order valence-electron chi connectivity index (χ4n) is 3.37. The predicted molar refractivity (Wildman–Crippen MR) is 133 cm³/mol. The summed E-state index contributed by atoms with van der Waals surface area (Å²) in [4.78, 5) is 32.0. The number of aromatic amines is 1. The molecule has 6 nitrogen and oxygen atoms in total. The summed E-state index contributed by atoms with van der Waals surface area (Å²) in [5.74, 6) is 0.640. The number of aromatic nitrogens is 2. The average Bonchev–Trinajstić information content (AvgIpc) is 3.34. The third-order valence-electron chi connectivity index (χ3n) is 5.16. The van der Waals surface area contributed by atoms with E-state index in [0.29, 0.717) is 17.1 Å². The van der Waals surface area contributed by atoms with Crippen molar-refractivity contribution in [3.63, 3.8) is 0 Å². The first kappa shape index (κ1) is 22.7. The highest BCUT2D eigenvalue weighted by atomic mass is 16.5. The van der Waals surface area contributed by atoms with Crippen LogP contribution in [0.3, 0.4) is 0 Å². The number of hydrogen-bond donors (Lipinski definition) is 1. The highest BCUT2D eigenvalue weighted by Crippen LogP contribution is 2.27. The van der Waals surface area contributed by atoms with Crippen LogP contribution in [0.5, 0.6) is 11.5 Å².